The molecule has 0 saturated carbocycles. The number of aromatic carboxylic acids is 1. The van der Waals surface area contributed by atoms with Crippen molar-refractivity contribution in [3.63, 3.8) is 0 Å². The van der Waals surface area contributed by atoms with Gasteiger partial charge in [0, 0.05) is 24.7 Å². The predicted molar refractivity (Wildman–Crippen MR) is 81.5 cm³/mol. The van der Waals surface area contributed by atoms with Crippen LogP contribution in [-0.4, -0.2) is 29.1 Å². The van der Waals surface area contributed by atoms with E-state index in [1.165, 1.54) is 6.20 Å². The number of hydrogen-bond acceptors (Lipinski definition) is 3. The first-order chi connectivity index (χ1) is 9.69. The monoisotopic (exact) mass is 272 g/mol. The summed E-state index contributed by atoms with van der Waals surface area (Å²) in [5.74, 6) is -0.923. The minimum absolute atomic E-state index is 0.279. The van der Waals surface area contributed by atoms with Gasteiger partial charge in [-0.2, -0.15) is 0 Å². The quantitative estimate of drug-likeness (QED) is 0.873. The highest BCUT2D eigenvalue weighted by Gasteiger charge is 2.18. The van der Waals surface area contributed by atoms with Crippen LogP contribution in [0.3, 0.4) is 0 Å². The van der Waals surface area contributed by atoms with Gasteiger partial charge in [0.15, 0.2) is 0 Å². The molecule has 0 aliphatic heterocycles. The first-order valence-corrected chi connectivity index (χ1v) is 7.05. The van der Waals surface area contributed by atoms with E-state index in [-0.39, 0.29) is 5.56 Å². The molecule has 4 nitrogen and oxygen atoms in total. The van der Waals surface area contributed by atoms with E-state index < -0.39 is 5.97 Å². The molecule has 0 amide bonds. The number of anilines is 1. The zero-order valence-electron chi connectivity index (χ0n) is 12.0. The Morgan fingerprint density at radius 2 is 2.05 bits per heavy atom. The summed E-state index contributed by atoms with van der Waals surface area (Å²) in [6.07, 6.45) is 3.60. The van der Waals surface area contributed by atoms with Crippen LogP contribution in [0, 0.1) is 0 Å². The second kappa shape index (κ2) is 6.37. The van der Waals surface area contributed by atoms with E-state index in [1.54, 1.807) is 0 Å². The Morgan fingerprint density at radius 3 is 2.70 bits per heavy atom. The lowest BCUT2D eigenvalue weighted by atomic mass is 10.1. The van der Waals surface area contributed by atoms with Crippen molar-refractivity contribution >= 4 is 22.6 Å². The van der Waals surface area contributed by atoms with Gasteiger partial charge in [0.05, 0.1) is 11.2 Å². The highest BCUT2D eigenvalue weighted by Crippen LogP contribution is 2.29. The SMILES string of the molecule is CCCCN(CC)c1c(C(=O)O)cnc2ccccc12. The van der Waals surface area contributed by atoms with Crippen molar-refractivity contribution in [2.75, 3.05) is 18.0 Å². The fourth-order valence-electron chi connectivity index (χ4n) is 2.40. The third-order valence-corrected chi connectivity index (χ3v) is 3.46. The largest absolute Gasteiger partial charge is 0.478 e. The Balaban J connectivity index is 2.61. The van der Waals surface area contributed by atoms with Crippen LogP contribution in [0.1, 0.15) is 37.0 Å². The second-order valence-electron chi connectivity index (χ2n) is 4.78. The highest BCUT2D eigenvalue weighted by atomic mass is 16.4. The molecular weight excluding hydrogens is 252 g/mol. The molecule has 0 aliphatic rings. The van der Waals surface area contributed by atoms with Crippen molar-refractivity contribution in [3.8, 4) is 0 Å². The molecular formula is C16H20N2O2. The normalized spacial score (nSPS) is 10.7. The molecule has 0 saturated heterocycles. The van der Waals surface area contributed by atoms with Crippen molar-refractivity contribution < 1.29 is 9.90 Å². The van der Waals surface area contributed by atoms with Crippen molar-refractivity contribution in [2.24, 2.45) is 0 Å². The molecule has 0 unspecified atom stereocenters. The topological polar surface area (TPSA) is 53.4 Å². The zero-order chi connectivity index (χ0) is 14.5. The third kappa shape index (κ3) is 2.74. The molecule has 2 aromatic rings. The summed E-state index contributed by atoms with van der Waals surface area (Å²) in [6, 6.07) is 7.70. The number of unbranched alkanes of at least 4 members (excludes halogenated alkanes) is 1. The van der Waals surface area contributed by atoms with Gasteiger partial charge in [0.1, 0.15) is 5.56 Å². The number of pyridine rings is 1. The first-order valence-electron chi connectivity index (χ1n) is 7.05. The lowest BCUT2D eigenvalue weighted by Gasteiger charge is -2.26. The van der Waals surface area contributed by atoms with Gasteiger partial charge in [-0.25, -0.2) is 4.79 Å². The van der Waals surface area contributed by atoms with Gasteiger partial charge in [0.2, 0.25) is 0 Å². The Morgan fingerprint density at radius 1 is 1.30 bits per heavy atom. The number of carbonyl (C=O) groups is 1. The number of carboxylic acids is 1. The van der Waals surface area contributed by atoms with E-state index in [0.29, 0.717) is 0 Å². The van der Waals surface area contributed by atoms with Crippen LogP contribution in [0.4, 0.5) is 5.69 Å². The predicted octanol–water partition coefficient (Wildman–Crippen LogP) is 3.56. The summed E-state index contributed by atoms with van der Waals surface area (Å²) in [5, 5.41) is 10.3. The van der Waals surface area contributed by atoms with E-state index in [0.717, 1.165) is 42.5 Å². The van der Waals surface area contributed by atoms with E-state index in [2.05, 4.69) is 23.7 Å². The first kappa shape index (κ1) is 14.3. The van der Waals surface area contributed by atoms with Gasteiger partial charge in [-0.15, -0.1) is 0 Å². The molecule has 0 bridgehead atoms. The Bertz CT molecular complexity index is 610. The van der Waals surface area contributed by atoms with E-state index >= 15 is 0 Å². The summed E-state index contributed by atoms with van der Waals surface area (Å²) in [6.45, 7) is 5.84. The smallest absolute Gasteiger partial charge is 0.339 e. The number of nitrogens with zero attached hydrogens (tertiary/aromatic N) is 2. The molecule has 1 N–H and O–H groups in total. The lowest BCUT2D eigenvalue weighted by Crippen LogP contribution is -2.26. The molecule has 0 aliphatic carbocycles. The second-order valence-corrected chi connectivity index (χ2v) is 4.78. The lowest BCUT2D eigenvalue weighted by molar-refractivity contribution is 0.0697. The Hall–Kier alpha value is -2.10. The fourth-order valence-corrected chi connectivity index (χ4v) is 2.40. The van der Waals surface area contributed by atoms with Crippen molar-refractivity contribution in [2.45, 2.75) is 26.7 Å². The molecule has 20 heavy (non-hydrogen) atoms. The number of para-hydroxylation sites is 1. The summed E-state index contributed by atoms with van der Waals surface area (Å²) in [4.78, 5) is 17.9. The number of carboxylic acid groups (broad SMARTS) is 1. The van der Waals surface area contributed by atoms with Crippen LogP contribution >= 0.6 is 0 Å². The summed E-state index contributed by atoms with van der Waals surface area (Å²) in [5.41, 5.74) is 1.91. The van der Waals surface area contributed by atoms with Crippen LogP contribution < -0.4 is 4.90 Å². The number of aromatic nitrogens is 1. The van der Waals surface area contributed by atoms with Crippen LogP contribution in [0.25, 0.3) is 10.9 Å². The summed E-state index contributed by atoms with van der Waals surface area (Å²) < 4.78 is 0. The van der Waals surface area contributed by atoms with Crippen LogP contribution in [-0.2, 0) is 0 Å². The van der Waals surface area contributed by atoms with Crippen LogP contribution in [0.5, 0.6) is 0 Å². The van der Waals surface area contributed by atoms with Crippen LogP contribution in [0.15, 0.2) is 30.5 Å². The standard InChI is InChI=1S/C16H20N2O2/c1-3-5-10-18(4-2)15-12-8-6-7-9-14(12)17-11-13(15)16(19)20/h6-9,11H,3-5,10H2,1-2H3,(H,19,20). The van der Waals surface area contributed by atoms with Gasteiger partial charge < -0.3 is 10.0 Å². The van der Waals surface area contributed by atoms with Crippen molar-refractivity contribution in [3.05, 3.63) is 36.0 Å². The minimum Gasteiger partial charge on any atom is -0.478 e. The molecule has 0 atom stereocenters. The van der Waals surface area contributed by atoms with Crippen molar-refractivity contribution in [1.82, 2.24) is 4.98 Å². The average Bonchev–Trinajstić information content (AvgIpc) is 2.47. The Labute approximate surface area is 119 Å². The van der Waals surface area contributed by atoms with Gasteiger partial charge >= 0.3 is 5.97 Å². The van der Waals surface area contributed by atoms with E-state index in [4.69, 9.17) is 0 Å². The minimum atomic E-state index is -0.923. The zero-order valence-corrected chi connectivity index (χ0v) is 12.0. The van der Waals surface area contributed by atoms with Gasteiger partial charge in [-0.1, -0.05) is 31.5 Å². The fraction of sp³-hybridized carbons (Fsp3) is 0.375. The molecule has 0 fully saturated rings. The third-order valence-electron chi connectivity index (χ3n) is 3.46. The molecule has 1 heterocycles. The van der Waals surface area contributed by atoms with Gasteiger partial charge in [-0.05, 0) is 19.4 Å². The molecule has 1 aromatic carbocycles. The van der Waals surface area contributed by atoms with E-state index in [9.17, 15) is 9.90 Å². The maximum atomic E-state index is 11.5. The summed E-state index contributed by atoms with van der Waals surface area (Å²) in [7, 11) is 0. The maximum Gasteiger partial charge on any atom is 0.339 e. The molecule has 106 valence electrons. The molecule has 0 spiro atoms. The summed E-state index contributed by atoms with van der Waals surface area (Å²) >= 11 is 0. The maximum absolute atomic E-state index is 11.5. The number of fused-ring (bicyclic) bond motifs is 1. The Kier molecular flexibility index (Phi) is 4.56. The number of hydrogen-bond donors (Lipinski definition) is 1. The van der Waals surface area contributed by atoms with Gasteiger partial charge in [-0.3, -0.25) is 4.98 Å². The molecule has 0 radical (unpaired) electrons. The highest BCUT2D eigenvalue weighted by molar-refractivity contribution is 6.04. The van der Waals surface area contributed by atoms with Gasteiger partial charge in [0.25, 0.3) is 0 Å². The van der Waals surface area contributed by atoms with E-state index in [1.807, 2.05) is 24.3 Å². The van der Waals surface area contributed by atoms with Crippen LogP contribution in [0.2, 0.25) is 0 Å². The molecule has 1 aromatic heterocycles. The molecule has 2 rings (SSSR count). The number of rotatable bonds is 6. The average molecular weight is 272 g/mol. The number of benzene rings is 1. The van der Waals surface area contributed by atoms with Crippen molar-refractivity contribution in [1.29, 1.82) is 0 Å². The molecule has 4 heteroatoms.